The summed E-state index contributed by atoms with van der Waals surface area (Å²) < 4.78 is 13.4. The molecule has 0 fully saturated rings. The predicted molar refractivity (Wildman–Crippen MR) is 198 cm³/mol. The summed E-state index contributed by atoms with van der Waals surface area (Å²) >= 11 is 0. The van der Waals surface area contributed by atoms with Crippen molar-refractivity contribution >= 4 is 23.6 Å². The van der Waals surface area contributed by atoms with Crippen LogP contribution in [0, 0.1) is 0 Å². The third-order valence-corrected chi connectivity index (χ3v) is 8.96. The van der Waals surface area contributed by atoms with Crippen LogP contribution >= 0.6 is 0 Å². The summed E-state index contributed by atoms with van der Waals surface area (Å²) in [5.74, 6) is -0.286. The summed E-state index contributed by atoms with van der Waals surface area (Å²) in [5, 5.41) is 2.95. The molecule has 1 heterocycles. The van der Waals surface area contributed by atoms with E-state index in [-0.39, 0.29) is 29.3 Å². The Morgan fingerprint density at radius 2 is 1.31 bits per heavy atom. The molecule has 0 saturated carbocycles. The van der Waals surface area contributed by atoms with Crippen molar-refractivity contribution in [3.63, 3.8) is 0 Å². The van der Waals surface area contributed by atoms with Crippen molar-refractivity contribution in [2.24, 2.45) is 7.05 Å². The van der Waals surface area contributed by atoms with Crippen LogP contribution < -0.4 is 5.32 Å². The number of benzene rings is 2. The Labute approximate surface area is 294 Å². The van der Waals surface area contributed by atoms with Crippen LogP contribution in [0.15, 0.2) is 66.7 Å². The van der Waals surface area contributed by atoms with Gasteiger partial charge in [-0.15, -0.1) is 0 Å². The molecule has 0 unspecified atom stereocenters. The van der Waals surface area contributed by atoms with E-state index in [0.29, 0.717) is 37.9 Å². The number of hydrogen-bond donors (Lipinski definition) is 1. The number of ether oxygens (including phenoxy) is 2. The van der Waals surface area contributed by atoms with Gasteiger partial charge in [0, 0.05) is 33.0 Å². The monoisotopic (exact) mass is 670 g/mol. The molecule has 0 radical (unpaired) electrons. The minimum Gasteiger partial charge on any atom is -0.463 e. The Morgan fingerprint density at radius 3 is 1.82 bits per heavy atom. The number of allylic oxidation sites excluding steroid dienone is 1. The quantitative estimate of drug-likeness (QED) is 0.129. The SMILES string of the molecule is CC(=O)N[C@](C)(CCc1ccc(/C(=C/CCc2ccc(C(C)(C)C)cc2)OC(=O)CCCc2ccc(C(C)(C)C)cc2)n1C)COC(C)=O. The zero-order chi connectivity index (χ0) is 36.4. The molecular formula is C42H58N2O5. The van der Waals surface area contributed by atoms with Crippen molar-refractivity contribution in [3.05, 3.63) is 100 Å². The highest BCUT2D eigenvalue weighted by atomic mass is 16.5. The molecule has 0 bridgehead atoms. The normalized spacial score (nSPS) is 13.5. The predicted octanol–water partition coefficient (Wildman–Crippen LogP) is 8.55. The number of hydrogen-bond acceptors (Lipinski definition) is 5. The molecule has 1 amide bonds. The van der Waals surface area contributed by atoms with Gasteiger partial charge in [-0.25, -0.2) is 0 Å². The van der Waals surface area contributed by atoms with E-state index in [1.807, 2.05) is 36.7 Å². The summed E-state index contributed by atoms with van der Waals surface area (Å²) in [4.78, 5) is 36.7. The fourth-order valence-corrected chi connectivity index (χ4v) is 5.83. The van der Waals surface area contributed by atoms with Crippen LogP contribution in [-0.4, -0.2) is 34.6 Å². The van der Waals surface area contributed by atoms with Gasteiger partial charge in [0.25, 0.3) is 0 Å². The minimum atomic E-state index is -0.720. The summed E-state index contributed by atoms with van der Waals surface area (Å²) in [7, 11) is 1.96. The molecule has 266 valence electrons. The van der Waals surface area contributed by atoms with E-state index in [1.54, 1.807) is 0 Å². The molecule has 1 atom stereocenters. The molecule has 49 heavy (non-hydrogen) atoms. The summed E-state index contributed by atoms with van der Waals surface area (Å²) in [5.41, 5.74) is 6.33. The molecule has 7 nitrogen and oxygen atoms in total. The van der Waals surface area contributed by atoms with Crippen molar-refractivity contribution in [3.8, 4) is 0 Å². The number of rotatable bonds is 15. The topological polar surface area (TPSA) is 86.6 Å². The summed E-state index contributed by atoms with van der Waals surface area (Å²) in [6.07, 6.45) is 6.53. The van der Waals surface area contributed by atoms with Gasteiger partial charge in [0.1, 0.15) is 6.61 Å². The molecule has 0 aliphatic heterocycles. The number of carbonyl (C=O) groups is 3. The van der Waals surface area contributed by atoms with E-state index in [9.17, 15) is 14.4 Å². The van der Waals surface area contributed by atoms with Gasteiger partial charge in [-0.3, -0.25) is 14.4 Å². The van der Waals surface area contributed by atoms with Gasteiger partial charge in [0.05, 0.1) is 11.2 Å². The van der Waals surface area contributed by atoms with Crippen LogP contribution in [-0.2, 0) is 61.0 Å². The molecule has 1 N–H and O–H groups in total. The van der Waals surface area contributed by atoms with E-state index in [1.165, 1.54) is 36.1 Å². The van der Waals surface area contributed by atoms with Gasteiger partial charge >= 0.3 is 11.9 Å². The first-order valence-electron chi connectivity index (χ1n) is 17.5. The molecule has 3 aromatic rings. The van der Waals surface area contributed by atoms with Crippen LogP contribution in [0.1, 0.15) is 122 Å². The average molecular weight is 671 g/mol. The number of esters is 2. The maximum Gasteiger partial charge on any atom is 0.311 e. The molecular weight excluding hydrogens is 612 g/mol. The number of amides is 1. The number of carbonyl (C=O) groups excluding carboxylic acids is 3. The largest absolute Gasteiger partial charge is 0.463 e. The van der Waals surface area contributed by atoms with Crippen LogP contribution in [0.25, 0.3) is 5.76 Å². The van der Waals surface area contributed by atoms with Gasteiger partial charge in [-0.05, 0) is 96.7 Å². The second-order valence-electron chi connectivity index (χ2n) is 15.6. The van der Waals surface area contributed by atoms with Crippen molar-refractivity contribution in [1.29, 1.82) is 0 Å². The third kappa shape index (κ3) is 12.7. The second kappa shape index (κ2) is 17.0. The third-order valence-electron chi connectivity index (χ3n) is 8.96. The molecule has 2 aromatic carbocycles. The Balaban J connectivity index is 1.75. The van der Waals surface area contributed by atoms with E-state index < -0.39 is 11.5 Å². The number of nitrogens with one attached hydrogen (secondary N) is 1. The first-order valence-corrected chi connectivity index (χ1v) is 17.5. The van der Waals surface area contributed by atoms with Gasteiger partial charge < -0.3 is 19.4 Å². The van der Waals surface area contributed by atoms with E-state index in [4.69, 9.17) is 9.47 Å². The highest BCUT2D eigenvalue weighted by Gasteiger charge is 2.27. The fourth-order valence-electron chi connectivity index (χ4n) is 5.83. The van der Waals surface area contributed by atoms with Crippen LogP contribution in [0.5, 0.6) is 0 Å². The zero-order valence-electron chi connectivity index (χ0n) is 31.5. The zero-order valence-corrected chi connectivity index (χ0v) is 31.5. The Kier molecular flexibility index (Phi) is 13.6. The first-order chi connectivity index (χ1) is 22.9. The maximum absolute atomic E-state index is 13.2. The van der Waals surface area contributed by atoms with Crippen molar-refractivity contribution in [2.75, 3.05) is 6.61 Å². The molecule has 1 aromatic heterocycles. The van der Waals surface area contributed by atoms with Gasteiger partial charge in [0.15, 0.2) is 5.76 Å². The number of aromatic nitrogens is 1. The van der Waals surface area contributed by atoms with Gasteiger partial charge in [0.2, 0.25) is 5.91 Å². The fraction of sp³-hybridized carbons (Fsp3) is 0.500. The van der Waals surface area contributed by atoms with Gasteiger partial charge in [-0.1, -0.05) is 90.1 Å². The Bertz CT molecular complexity index is 1580. The second-order valence-corrected chi connectivity index (χ2v) is 15.6. The lowest BCUT2D eigenvalue weighted by Crippen LogP contribution is -2.49. The van der Waals surface area contributed by atoms with E-state index >= 15 is 0 Å². The first kappa shape index (κ1) is 39.3. The van der Waals surface area contributed by atoms with E-state index in [2.05, 4.69) is 95.4 Å². The van der Waals surface area contributed by atoms with Crippen molar-refractivity contribution < 1.29 is 23.9 Å². The number of nitrogens with zero attached hydrogens (tertiary/aromatic N) is 1. The Hall–Kier alpha value is -4.13. The molecule has 0 aliphatic carbocycles. The summed E-state index contributed by atoms with van der Waals surface area (Å²) in [6.45, 7) is 18.0. The van der Waals surface area contributed by atoms with Gasteiger partial charge in [-0.2, -0.15) is 0 Å². The Morgan fingerprint density at radius 1 is 0.755 bits per heavy atom. The highest BCUT2D eigenvalue weighted by molar-refractivity contribution is 5.77. The average Bonchev–Trinajstić information content (AvgIpc) is 3.37. The smallest absolute Gasteiger partial charge is 0.311 e. The summed E-state index contributed by atoms with van der Waals surface area (Å²) in [6, 6.07) is 21.4. The van der Waals surface area contributed by atoms with E-state index in [0.717, 1.165) is 24.2 Å². The molecule has 0 spiro atoms. The van der Waals surface area contributed by atoms with Crippen LogP contribution in [0.3, 0.4) is 0 Å². The maximum atomic E-state index is 13.2. The lowest BCUT2D eigenvalue weighted by molar-refractivity contribution is -0.144. The van der Waals surface area contributed by atoms with Crippen LogP contribution in [0.4, 0.5) is 0 Å². The molecule has 7 heteroatoms. The molecule has 0 saturated heterocycles. The lowest BCUT2D eigenvalue weighted by atomic mass is 9.86. The standard InChI is InChI=1S/C42H58N2O5/c1-30(45)43-42(9,29-48-31(2)46)28-27-36-25-26-37(44(36)10)38(15-11-13-32-17-21-34(22-18-32)40(3,4)5)49-39(47)16-12-14-33-19-23-35(24-20-33)41(6,7)8/h15,17-26H,11-14,16,27-29H2,1-10H3,(H,43,45)/b38-15-/t42-/m1/s1. The van der Waals surface area contributed by atoms with Crippen LogP contribution in [0.2, 0.25) is 0 Å². The molecule has 3 rings (SSSR count). The molecule has 0 aliphatic rings. The number of aryl methyl sites for hydroxylation is 3. The lowest BCUT2D eigenvalue weighted by Gasteiger charge is -2.30. The van der Waals surface area contributed by atoms with Crippen molar-refractivity contribution in [2.45, 2.75) is 124 Å². The minimum absolute atomic E-state index is 0.0828. The van der Waals surface area contributed by atoms with Crippen molar-refractivity contribution in [1.82, 2.24) is 9.88 Å². The highest BCUT2D eigenvalue weighted by Crippen LogP contribution is 2.26.